The van der Waals surface area contributed by atoms with Gasteiger partial charge in [0.25, 0.3) is 5.91 Å². The van der Waals surface area contributed by atoms with Gasteiger partial charge in [-0.15, -0.1) is 0 Å². The zero-order chi connectivity index (χ0) is 26.2. The fourth-order valence-electron chi connectivity index (χ4n) is 4.65. The summed E-state index contributed by atoms with van der Waals surface area (Å²) in [5, 5.41) is 11.0. The Labute approximate surface area is 224 Å². The molecule has 1 fully saturated rings. The van der Waals surface area contributed by atoms with Crippen LogP contribution in [0, 0.1) is 23.2 Å². The molecular formula is C29H33ClN6O. The maximum absolute atomic E-state index is 13.0. The number of hydrogen-bond donors (Lipinski definition) is 1. The van der Waals surface area contributed by atoms with E-state index in [-0.39, 0.29) is 22.7 Å². The van der Waals surface area contributed by atoms with Gasteiger partial charge in [0.05, 0.1) is 6.20 Å². The van der Waals surface area contributed by atoms with Crippen molar-refractivity contribution in [1.29, 1.82) is 5.26 Å². The van der Waals surface area contributed by atoms with Crippen LogP contribution >= 0.6 is 11.6 Å². The summed E-state index contributed by atoms with van der Waals surface area (Å²) in [6, 6.07) is 20.4. The lowest BCUT2D eigenvalue weighted by molar-refractivity contribution is 0.0947. The first-order valence-electron chi connectivity index (χ1n) is 12.8. The number of aromatic nitrogens is 2. The highest BCUT2D eigenvalue weighted by Gasteiger charge is 2.21. The predicted octanol–water partition coefficient (Wildman–Crippen LogP) is 5.26. The highest BCUT2D eigenvalue weighted by Crippen LogP contribution is 2.24. The van der Waals surface area contributed by atoms with E-state index in [2.05, 4.69) is 50.6 Å². The molecule has 1 N–H and O–H groups in total. The molecule has 1 saturated heterocycles. The molecule has 0 aliphatic carbocycles. The number of nitrogens with zero attached hydrogens (tertiary/aromatic N) is 5. The standard InChI is InChI=1S/C29H33ClN6O/c1-21(2)19-36(28-26(30)18-32-27(17-31)33-28)34-29(37)25-10-8-24(9-11-25)20-35-14-12-23(13-15-35)16-22-6-4-3-5-7-22/h3-11,18,21,23H,12-16,19-20H2,1-2H3,(H,34,37). The van der Waals surface area contributed by atoms with Gasteiger partial charge in [-0.05, 0) is 67.4 Å². The van der Waals surface area contributed by atoms with Crippen molar-refractivity contribution in [3.05, 3.63) is 88.3 Å². The third-order valence-corrected chi connectivity index (χ3v) is 6.83. The van der Waals surface area contributed by atoms with Gasteiger partial charge >= 0.3 is 0 Å². The molecule has 0 bridgehead atoms. The lowest BCUT2D eigenvalue weighted by Crippen LogP contribution is -2.45. The second-order valence-electron chi connectivity index (χ2n) is 10.0. The summed E-state index contributed by atoms with van der Waals surface area (Å²) in [5.41, 5.74) is 6.06. The van der Waals surface area contributed by atoms with Crippen molar-refractivity contribution in [2.24, 2.45) is 11.8 Å². The third kappa shape index (κ3) is 7.51. The van der Waals surface area contributed by atoms with E-state index in [4.69, 9.17) is 16.9 Å². The highest BCUT2D eigenvalue weighted by molar-refractivity contribution is 6.32. The number of likely N-dealkylation sites (tertiary alicyclic amines) is 1. The Morgan fingerprint density at radius 3 is 2.49 bits per heavy atom. The summed E-state index contributed by atoms with van der Waals surface area (Å²) in [6.07, 6.45) is 4.95. The van der Waals surface area contributed by atoms with Gasteiger partial charge in [0.1, 0.15) is 11.1 Å². The summed E-state index contributed by atoms with van der Waals surface area (Å²) >= 11 is 6.29. The van der Waals surface area contributed by atoms with Gasteiger partial charge in [-0.1, -0.05) is 67.9 Å². The summed E-state index contributed by atoms with van der Waals surface area (Å²) in [6.45, 7) is 7.60. The average Bonchev–Trinajstić information content (AvgIpc) is 2.90. The van der Waals surface area contributed by atoms with Crippen molar-refractivity contribution in [2.75, 3.05) is 24.6 Å². The number of amides is 1. The minimum Gasteiger partial charge on any atom is -0.299 e. The Kier molecular flexibility index (Phi) is 9.10. The monoisotopic (exact) mass is 516 g/mol. The first-order valence-corrected chi connectivity index (χ1v) is 13.2. The van der Waals surface area contributed by atoms with Crippen LogP contribution in [0.25, 0.3) is 0 Å². The minimum absolute atomic E-state index is 0.00384. The molecule has 1 aliphatic rings. The van der Waals surface area contributed by atoms with Crippen molar-refractivity contribution in [1.82, 2.24) is 20.3 Å². The zero-order valence-corrected chi connectivity index (χ0v) is 22.2. The lowest BCUT2D eigenvalue weighted by atomic mass is 9.90. The topological polar surface area (TPSA) is 85.2 Å². The van der Waals surface area contributed by atoms with E-state index >= 15 is 0 Å². The Morgan fingerprint density at radius 2 is 1.84 bits per heavy atom. The van der Waals surface area contributed by atoms with Crippen molar-refractivity contribution in [2.45, 2.75) is 39.7 Å². The van der Waals surface area contributed by atoms with Crippen LogP contribution in [0.5, 0.6) is 0 Å². The number of rotatable bonds is 9. The number of piperidine rings is 1. The number of benzene rings is 2. The summed E-state index contributed by atoms with van der Waals surface area (Å²) < 4.78 is 0. The van der Waals surface area contributed by atoms with Crippen LogP contribution in [-0.2, 0) is 13.0 Å². The van der Waals surface area contributed by atoms with Crippen LogP contribution in [0.2, 0.25) is 5.02 Å². The van der Waals surface area contributed by atoms with Crippen molar-refractivity contribution in [3.63, 3.8) is 0 Å². The van der Waals surface area contributed by atoms with E-state index in [9.17, 15) is 4.79 Å². The average molecular weight is 517 g/mol. The predicted molar refractivity (Wildman–Crippen MR) is 146 cm³/mol. The zero-order valence-electron chi connectivity index (χ0n) is 21.4. The Balaban J connectivity index is 1.33. The fraction of sp³-hybridized carbons (Fsp3) is 0.379. The molecule has 1 amide bonds. The van der Waals surface area contributed by atoms with Crippen LogP contribution < -0.4 is 10.4 Å². The maximum Gasteiger partial charge on any atom is 0.269 e. The minimum atomic E-state index is -0.262. The Morgan fingerprint density at radius 1 is 1.14 bits per heavy atom. The molecule has 2 heterocycles. The molecule has 1 aliphatic heterocycles. The normalized spacial score (nSPS) is 14.4. The van der Waals surface area contributed by atoms with Gasteiger partial charge in [0, 0.05) is 18.7 Å². The molecule has 0 radical (unpaired) electrons. The number of carbonyl (C=O) groups is 1. The van der Waals surface area contributed by atoms with Gasteiger partial charge in [-0.2, -0.15) is 10.2 Å². The molecule has 1 aromatic heterocycles. The number of anilines is 1. The molecule has 4 rings (SSSR count). The number of carbonyl (C=O) groups excluding carboxylic acids is 1. The van der Waals surface area contributed by atoms with Gasteiger partial charge in [-0.3, -0.25) is 20.1 Å². The van der Waals surface area contributed by atoms with E-state index in [0.29, 0.717) is 17.9 Å². The molecule has 0 atom stereocenters. The number of nitriles is 1. The highest BCUT2D eigenvalue weighted by atomic mass is 35.5. The summed E-state index contributed by atoms with van der Waals surface area (Å²) in [4.78, 5) is 23.6. The second kappa shape index (κ2) is 12.7. The SMILES string of the molecule is CC(C)CN(NC(=O)c1ccc(CN2CCC(Cc3ccccc3)CC2)cc1)c1nc(C#N)ncc1Cl. The molecule has 37 heavy (non-hydrogen) atoms. The van der Waals surface area contributed by atoms with Crippen LogP contribution in [0.3, 0.4) is 0 Å². The second-order valence-corrected chi connectivity index (χ2v) is 10.4. The quantitative estimate of drug-likeness (QED) is 0.390. The van der Waals surface area contributed by atoms with Crippen molar-refractivity contribution in [3.8, 4) is 6.07 Å². The number of hydrazine groups is 1. The fourth-order valence-corrected chi connectivity index (χ4v) is 4.85. The first-order chi connectivity index (χ1) is 17.9. The first kappa shape index (κ1) is 26.6. The third-order valence-electron chi connectivity index (χ3n) is 6.56. The molecular weight excluding hydrogens is 484 g/mol. The van der Waals surface area contributed by atoms with E-state index < -0.39 is 0 Å². The molecule has 7 nitrogen and oxygen atoms in total. The number of hydrogen-bond acceptors (Lipinski definition) is 6. The molecule has 192 valence electrons. The Hall–Kier alpha value is -3.47. The molecule has 2 aromatic carbocycles. The molecule has 0 saturated carbocycles. The van der Waals surface area contributed by atoms with Crippen LogP contribution in [0.4, 0.5) is 5.82 Å². The molecule has 0 unspecified atom stereocenters. The van der Waals surface area contributed by atoms with Crippen molar-refractivity contribution < 1.29 is 4.79 Å². The number of halogens is 1. The summed E-state index contributed by atoms with van der Waals surface area (Å²) in [5.74, 6) is 1.00. The maximum atomic E-state index is 13.0. The van der Waals surface area contributed by atoms with Gasteiger partial charge in [-0.25, -0.2) is 4.98 Å². The van der Waals surface area contributed by atoms with Gasteiger partial charge in [0.2, 0.25) is 5.82 Å². The van der Waals surface area contributed by atoms with Crippen LogP contribution in [0.1, 0.15) is 54.0 Å². The smallest absolute Gasteiger partial charge is 0.269 e. The van der Waals surface area contributed by atoms with E-state index in [1.54, 1.807) is 5.01 Å². The van der Waals surface area contributed by atoms with E-state index in [1.165, 1.54) is 30.2 Å². The van der Waals surface area contributed by atoms with Gasteiger partial charge < -0.3 is 0 Å². The van der Waals surface area contributed by atoms with E-state index in [0.717, 1.165) is 32.0 Å². The molecule has 3 aromatic rings. The van der Waals surface area contributed by atoms with Crippen LogP contribution in [0.15, 0.2) is 60.8 Å². The summed E-state index contributed by atoms with van der Waals surface area (Å²) in [7, 11) is 0. The Bertz CT molecular complexity index is 1220. The van der Waals surface area contributed by atoms with E-state index in [1.807, 2.05) is 44.2 Å². The molecule has 0 spiro atoms. The van der Waals surface area contributed by atoms with Crippen LogP contribution in [-0.4, -0.2) is 40.4 Å². The molecule has 8 heteroatoms. The lowest BCUT2D eigenvalue weighted by Gasteiger charge is -2.32. The number of nitrogens with one attached hydrogen (secondary N) is 1. The van der Waals surface area contributed by atoms with Gasteiger partial charge in [0.15, 0.2) is 5.82 Å². The largest absolute Gasteiger partial charge is 0.299 e. The van der Waals surface area contributed by atoms with Crippen molar-refractivity contribution >= 4 is 23.3 Å².